The van der Waals surface area contributed by atoms with Crippen molar-refractivity contribution in [2.45, 2.75) is 27.0 Å². The summed E-state index contributed by atoms with van der Waals surface area (Å²) in [7, 11) is 0. The summed E-state index contributed by atoms with van der Waals surface area (Å²) in [6, 6.07) is 10.8. The van der Waals surface area contributed by atoms with E-state index in [1.54, 1.807) is 36.7 Å². The number of anilines is 1. The van der Waals surface area contributed by atoms with Crippen molar-refractivity contribution in [2.24, 2.45) is 0 Å². The number of hydrogen-bond acceptors (Lipinski definition) is 5. The molecule has 0 atom stereocenters. The molecule has 0 fully saturated rings. The van der Waals surface area contributed by atoms with Crippen molar-refractivity contribution < 1.29 is 27.8 Å². The number of esters is 1. The van der Waals surface area contributed by atoms with Crippen LogP contribution in [0, 0.1) is 13.8 Å². The number of nitrogens with zero attached hydrogens (tertiary/aromatic N) is 2. The number of para-hydroxylation sites is 2. The Morgan fingerprint density at radius 3 is 2.42 bits per heavy atom. The van der Waals surface area contributed by atoms with Crippen LogP contribution in [0.5, 0.6) is 5.75 Å². The largest absolute Gasteiger partial charge is 0.452 e. The van der Waals surface area contributed by atoms with E-state index in [1.807, 2.05) is 0 Å². The lowest BCUT2D eigenvalue weighted by Gasteiger charge is -2.12. The Morgan fingerprint density at radius 1 is 1.09 bits per heavy atom. The highest BCUT2D eigenvalue weighted by molar-refractivity contribution is 6.36. The summed E-state index contributed by atoms with van der Waals surface area (Å²) in [6.45, 7) is -0.141. The molecule has 33 heavy (non-hydrogen) atoms. The first-order valence-corrected chi connectivity index (χ1v) is 10.4. The molecule has 0 spiro atoms. The molecule has 0 radical (unpaired) electrons. The first-order valence-electron chi connectivity index (χ1n) is 9.65. The molecule has 0 aliphatic heterocycles. The average Bonchev–Trinajstić information content (AvgIpc) is 3.03. The van der Waals surface area contributed by atoms with E-state index >= 15 is 0 Å². The Labute approximate surface area is 198 Å². The molecular formula is C22H19Cl2F2N3O4. The molecule has 2 aromatic carbocycles. The van der Waals surface area contributed by atoms with Crippen molar-refractivity contribution in [1.82, 2.24) is 9.78 Å². The third-order valence-electron chi connectivity index (χ3n) is 4.67. The molecule has 0 unspecified atom stereocenters. The van der Waals surface area contributed by atoms with Gasteiger partial charge in [-0.25, -0.2) is 4.79 Å². The van der Waals surface area contributed by atoms with Gasteiger partial charge in [0.15, 0.2) is 6.61 Å². The number of hydrogen-bond donors (Lipinski definition) is 1. The van der Waals surface area contributed by atoms with Crippen molar-refractivity contribution in [3.63, 3.8) is 0 Å². The number of ether oxygens (including phenoxy) is 2. The Bertz CT molecular complexity index is 1160. The van der Waals surface area contributed by atoms with Gasteiger partial charge in [-0.3, -0.25) is 9.48 Å². The minimum absolute atomic E-state index is 0.0237. The summed E-state index contributed by atoms with van der Waals surface area (Å²) in [5, 5.41) is 7.66. The molecule has 3 aromatic rings. The zero-order chi connectivity index (χ0) is 24.1. The number of amides is 1. The summed E-state index contributed by atoms with van der Waals surface area (Å²) >= 11 is 12.4. The molecule has 0 aliphatic rings. The fraction of sp³-hybridized carbons (Fsp3) is 0.227. The van der Waals surface area contributed by atoms with Crippen molar-refractivity contribution >= 4 is 40.8 Å². The van der Waals surface area contributed by atoms with E-state index in [4.69, 9.17) is 27.9 Å². The zero-order valence-electron chi connectivity index (χ0n) is 17.6. The summed E-state index contributed by atoms with van der Waals surface area (Å²) in [5.41, 5.74) is 1.78. The monoisotopic (exact) mass is 497 g/mol. The van der Waals surface area contributed by atoms with Gasteiger partial charge in [-0.1, -0.05) is 41.4 Å². The van der Waals surface area contributed by atoms with Gasteiger partial charge >= 0.3 is 12.6 Å². The highest BCUT2D eigenvalue weighted by Gasteiger charge is 2.22. The molecule has 0 saturated heterocycles. The van der Waals surface area contributed by atoms with Crippen molar-refractivity contribution in [3.8, 4) is 5.75 Å². The Morgan fingerprint density at radius 2 is 1.76 bits per heavy atom. The van der Waals surface area contributed by atoms with E-state index in [9.17, 15) is 18.4 Å². The van der Waals surface area contributed by atoms with Crippen LogP contribution in [0.3, 0.4) is 0 Å². The molecule has 1 aromatic heterocycles. The van der Waals surface area contributed by atoms with Gasteiger partial charge in [0, 0.05) is 15.6 Å². The van der Waals surface area contributed by atoms with E-state index in [0.717, 1.165) is 0 Å². The number of aryl methyl sites for hydroxylation is 1. The van der Waals surface area contributed by atoms with Gasteiger partial charge in [0.2, 0.25) is 0 Å². The number of aromatic nitrogens is 2. The normalized spacial score (nSPS) is 10.9. The molecule has 11 heteroatoms. The third-order valence-corrected chi connectivity index (χ3v) is 5.37. The lowest BCUT2D eigenvalue weighted by atomic mass is 10.2. The zero-order valence-corrected chi connectivity index (χ0v) is 19.1. The van der Waals surface area contributed by atoms with Crippen LogP contribution in [0.15, 0.2) is 42.5 Å². The van der Waals surface area contributed by atoms with Gasteiger partial charge in [0.1, 0.15) is 11.3 Å². The molecule has 1 N–H and O–H groups in total. The highest BCUT2D eigenvalue weighted by atomic mass is 35.5. The number of benzene rings is 2. The maximum absolute atomic E-state index is 12.6. The average molecular weight is 498 g/mol. The first kappa shape index (κ1) is 24.5. The van der Waals surface area contributed by atoms with Crippen LogP contribution < -0.4 is 10.1 Å². The summed E-state index contributed by atoms with van der Waals surface area (Å²) in [4.78, 5) is 24.8. The van der Waals surface area contributed by atoms with Gasteiger partial charge in [-0.15, -0.1) is 0 Å². The van der Waals surface area contributed by atoms with Gasteiger partial charge in [0.05, 0.1) is 23.6 Å². The number of carbonyl (C=O) groups is 2. The fourth-order valence-corrected chi connectivity index (χ4v) is 3.65. The van der Waals surface area contributed by atoms with E-state index in [2.05, 4.69) is 15.2 Å². The molecule has 1 heterocycles. The van der Waals surface area contributed by atoms with Crippen LogP contribution in [0.25, 0.3) is 0 Å². The smallest absolute Gasteiger partial charge is 0.387 e. The molecule has 1 amide bonds. The summed E-state index contributed by atoms with van der Waals surface area (Å²) in [6.07, 6.45) is 0. The van der Waals surface area contributed by atoms with Crippen LogP contribution in [0.1, 0.15) is 27.3 Å². The lowest BCUT2D eigenvalue weighted by Crippen LogP contribution is -2.22. The number of halogens is 4. The molecular weight excluding hydrogens is 479 g/mol. The second-order valence-electron chi connectivity index (χ2n) is 6.90. The second kappa shape index (κ2) is 10.6. The summed E-state index contributed by atoms with van der Waals surface area (Å²) < 4.78 is 36.1. The quantitative estimate of drug-likeness (QED) is 0.429. The summed E-state index contributed by atoms with van der Waals surface area (Å²) in [5.74, 6) is -1.69. The van der Waals surface area contributed by atoms with Gasteiger partial charge < -0.3 is 14.8 Å². The van der Waals surface area contributed by atoms with Gasteiger partial charge in [-0.05, 0) is 38.1 Å². The van der Waals surface area contributed by atoms with Crippen LogP contribution in [0.2, 0.25) is 10.0 Å². The number of carbonyl (C=O) groups excluding carboxylic acids is 2. The molecule has 0 bridgehead atoms. The van der Waals surface area contributed by atoms with E-state index < -0.39 is 25.1 Å². The predicted molar refractivity (Wildman–Crippen MR) is 119 cm³/mol. The SMILES string of the molecule is Cc1nn(Cc2c(Cl)cccc2Cl)c(C)c1C(=O)OCC(=O)Nc1ccccc1OC(F)F. The molecule has 7 nitrogen and oxygen atoms in total. The molecule has 0 saturated carbocycles. The number of rotatable bonds is 8. The van der Waals surface area contributed by atoms with Gasteiger partial charge in [0.25, 0.3) is 5.91 Å². The maximum Gasteiger partial charge on any atom is 0.387 e. The van der Waals surface area contributed by atoms with Crippen molar-refractivity contribution in [1.29, 1.82) is 0 Å². The van der Waals surface area contributed by atoms with Crippen LogP contribution >= 0.6 is 23.2 Å². The first-order chi connectivity index (χ1) is 15.7. The number of alkyl halides is 2. The molecule has 174 valence electrons. The fourth-order valence-electron chi connectivity index (χ4n) is 3.14. The molecule has 3 rings (SSSR count). The van der Waals surface area contributed by atoms with E-state index in [0.29, 0.717) is 27.0 Å². The molecule has 0 aliphatic carbocycles. The Kier molecular flexibility index (Phi) is 7.88. The van der Waals surface area contributed by atoms with E-state index in [1.165, 1.54) is 24.3 Å². The van der Waals surface area contributed by atoms with E-state index in [-0.39, 0.29) is 23.5 Å². The highest BCUT2D eigenvalue weighted by Crippen LogP contribution is 2.27. The lowest BCUT2D eigenvalue weighted by molar-refractivity contribution is -0.119. The Balaban J connectivity index is 1.67. The minimum Gasteiger partial charge on any atom is -0.452 e. The second-order valence-corrected chi connectivity index (χ2v) is 7.72. The maximum atomic E-state index is 12.6. The van der Waals surface area contributed by atoms with Crippen molar-refractivity contribution in [2.75, 3.05) is 11.9 Å². The standard InChI is InChI=1S/C22H19Cl2F2N3O4/c1-12-20(13(2)29(28-12)10-14-15(23)6-5-7-16(14)24)21(31)32-11-19(30)27-17-8-3-4-9-18(17)33-22(25)26/h3-9,22H,10-11H2,1-2H3,(H,27,30). The van der Waals surface area contributed by atoms with Crippen LogP contribution in [-0.4, -0.2) is 34.9 Å². The predicted octanol–water partition coefficient (Wildman–Crippen LogP) is 5.25. The van der Waals surface area contributed by atoms with Crippen molar-refractivity contribution in [3.05, 3.63) is 75.0 Å². The van der Waals surface area contributed by atoms with Crippen LogP contribution in [0.4, 0.5) is 14.5 Å². The van der Waals surface area contributed by atoms with Gasteiger partial charge in [-0.2, -0.15) is 13.9 Å². The number of nitrogens with one attached hydrogen (secondary N) is 1. The minimum atomic E-state index is -3.05. The van der Waals surface area contributed by atoms with Crippen LogP contribution in [-0.2, 0) is 16.1 Å². The third kappa shape index (κ3) is 6.00. The topological polar surface area (TPSA) is 82.5 Å². The Hall–Kier alpha value is -3.17.